The van der Waals surface area contributed by atoms with Gasteiger partial charge in [0.1, 0.15) is 0 Å². The molecular formula is C16H19N3OS. The van der Waals surface area contributed by atoms with Crippen molar-refractivity contribution in [1.29, 1.82) is 0 Å². The van der Waals surface area contributed by atoms with Crippen molar-refractivity contribution in [1.82, 2.24) is 9.38 Å². The summed E-state index contributed by atoms with van der Waals surface area (Å²) in [6.07, 6.45) is 0. The fourth-order valence-electron chi connectivity index (χ4n) is 2.50. The zero-order chi connectivity index (χ0) is 14.8. The van der Waals surface area contributed by atoms with Crippen LogP contribution in [0.5, 0.6) is 0 Å². The Bertz CT molecular complexity index is 760. The molecular weight excluding hydrogens is 282 g/mol. The van der Waals surface area contributed by atoms with Gasteiger partial charge >= 0.3 is 0 Å². The maximum absolute atomic E-state index is 5.17. The summed E-state index contributed by atoms with van der Waals surface area (Å²) in [6.45, 7) is 5.58. The molecule has 5 heteroatoms. The highest BCUT2D eigenvalue weighted by molar-refractivity contribution is 7.15. The fourth-order valence-corrected chi connectivity index (χ4v) is 3.43. The summed E-state index contributed by atoms with van der Waals surface area (Å²) in [5.74, 6) is 0. The van der Waals surface area contributed by atoms with Crippen molar-refractivity contribution in [2.45, 2.75) is 27.0 Å². The van der Waals surface area contributed by atoms with Crippen molar-refractivity contribution in [2.24, 2.45) is 0 Å². The van der Waals surface area contributed by atoms with Crippen LogP contribution in [0.2, 0.25) is 0 Å². The van der Waals surface area contributed by atoms with Crippen LogP contribution in [0.3, 0.4) is 0 Å². The van der Waals surface area contributed by atoms with Gasteiger partial charge in [-0.2, -0.15) is 0 Å². The molecule has 1 aromatic carbocycles. The van der Waals surface area contributed by atoms with Gasteiger partial charge in [0.15, 0.2) is 4.96 Å². The summed E-state index contributed by atoms with van der Waals surface area (Å²) < 4.78 is 7.40. The van der Waals surface area contributed by atoms with E-state index in [0.717, 1.165) is 22.9 Å². The molecule has 21 heavy (non-hydrogen) atoms. The van der Waals surface area contributed by atoms with Gasteiger partial charge in [0, 0.05) is 23.9 Å². The Morgan fingerprint density at radius 3 is 3.00 bits per heavy atom. The zero-order valence-electron chi connectivity index (χ0n) is 12.5. The number of nitrogens with zero attached hydrogens (tertiary/aromatic N) is 2. The monoisotopic (exact) mass is 301 g/mol. The molecule has 0 amide bonds. The number of fused-ring (bicyclic) bond motifs is 1. The van der Waals surface area contributed by atoms with E-state index in [-0.39, 0.29) is 0 Å². The van der Waals surface area contributed by atoms with Crippen LogP contribution >= 0.6 is 11.3 Å². The van der Waals surface area contributed by atoms with Gasteiger partial charge in [0.25, 0.3) is 0 Å². The lowest BCUT2D eigenvalue weighted by molar-refractivity contribution is 0.185. The molecule has 0 atom stereocenters. The highest BCUT2D eigenvalue weighted by Gasteiger charge is 2.11. The van der Waals surface area contributed by atoms with Gasteiger partial charge in [-0.1, -0.05) is 12.1 Å². The van der Waals surface area contributed by atoms with E-state index in [2.05, 4.69) is 52.1 Å². The number of aromatic nitrogens is 2. The van der Waals surface area contributed by atoms with Crippen molar-refractivity contribution in [2.75, 3.05) is 12.4 Å². The SMILES string of the molecule is COCc1cccc(NCc2c(C)nc3scc(C)n23)c1. The van der Waals surface area contributed by atoms with Crippen LogP contribution < -0.4 is 5.32 Å². The Hall–Kier alpha value is -1.85. The van der Waals surface area contributed by atoms with Crippen molar-refractivity contribution in [3.05, 3.63) is 52.3 Å². The minimum absolute atomic E-state index is 0.634. The first-order valence-electron chi connectivity index (χ1n) is 6.93. The number of hydrogen-bond acceptors (Lipinski definition) is 4. The number of ether oxygens (including phenoxy) is 1. The van der Waals surface area contributed by atoms with E-state index in [0.29, 0.717) is 6.61 Å². The third kappa shape index (κ3) is 2.80. The van der Waals surface area contributed by atoms with Crippen LogP contribution in [-0.2, 0) is 17.9 Å². The molecule has 0 aliphatic heterocycles. The van der Waals surface area contributed by atoms with Crippen molar-refractivity contribution in [3.8, 4) is 0 Å². The number of anilines is 1. The second-order valence-electron chi connectivity index (χ2n) is 5.13. The number of thiazole rings is 1. The third-order valence-electron chi connectivity index (χ3n) is 3.53. The molecule has 0 unspecified atom stereocenters. The Morgan fingerprint density at radius 2 is 2.19 bits per heavy atom. The highest BCUT2D eigenvalue weighted by Crippen LogP contribution is 2.21. The van der Waals surface area contributed by atoms with E-state index in [4.69, 9.17) is 4.74 Å². The van der Waals surface area contributed by atoms with Crippen molar-refractivity contribution >= 4 is 22.0 Å². The van der Waals surface area contributed by atoms with Gasteiger partial charge < -0.3 is 10.1 Å². The molecule has 0 saturated carbocycles. The molecule has 110 valence electrons. The van der Waals surface area contributed by atoms with Crippen LogP contribution in [0.15, 0.2) is 29.6 Å². The summed E-state index contributed by atoms with van der Waals surface area (Å²) in [5, 5.41) is 5.63. The minimum Gasteiger partial charge on any atom is -0.380 e. The third-order valence-corrected chi connectivity index (χ3v) is 4.47. The molecule has 1 N–H and O–H groups in total. The Kier molecular flexibility index (Phi) is 3.94. The summed E-state index contributed by atoms with van der Waals surface area (Å²) in [6, 6.07) is 8.32. The molecule has 3 rings (SSSR count). The average Bonchev–Trinajstić information content (AvgIpc) is 2.97. The summed E-state index contributed by atoms with van der Waals surface area (Å²) >= 11 is 1.69. The molecule has 3 aromatic rings. The van der Waals surface area contributed by atoms with Gasteiger partial charge in [0.05, 0.1) is 24.5 Å². The molecule has 0 aliphatic rings. The van der Waals surface area contributed by atoms with E-state index in [1.54, 1.807) is 18.4 Å². The number of methoxy groups -OCH3 is 1. The van der Waals surface area contributed by atoms with Gasteiger partial charge in [-0.15, -0.1) is 11.3 Å². The molecule has 0 aliphatic carbocycles. The molecule has 2 heterocycles. The van der Waals surface area contributed by atoms with Crippen molar-refractivity contribution in [3.63, 3.8) is 0 Å². The molecule has 0 fully saturated rings. The van der Waals surface area contributed by atoms with Crippen LogP contribution in [0.1, 0.15) is 22.6 Å². The second-order valence-corrected chi connectivity index (χ2v) is 5.96. The smallest absolute Gasteiger partial charge is 0.194 e. The maximum Gasteiger partial charge on any atom is 0.194 e. The first-order valence-corrected chi connectivity index (χ1v) is 7.81. The first-order chi connectivity index (χ1) is 10.2. The average molecular weight is 301 g/mol. The Labute approximate surface area is 128 Å². The Balaban J connectivity index is 1.81. The predicted octanol–water partition coefficient (Wildman–Crippen LogP) is 3.77. The van der Waals surface area contributed by atoms with Crippen LogP contribution in [0, 0.1) is 13.8 Å². The van der Waals surface area contributed by atoms with Gasteiger partial charge in [-0.05, 0) is 31.5 Å². The molecule has 4 nitrogen and oxygen atoms in total. The predicted molar refractivity (Wildman–Crippen MR) is 87.0 cm³/mol. The number of benzene rings is 1. The molecule has 2 aromatic heterocycles. The number of nitrogens with one attached hydrogen (secondary N) is 1. The largest absolute Gasteiger partial charge is 0.380 e. The van der Waals surface area contributed by atoms with Crippen LogP contribution in [-0.4, -0.2) is 16.5 Å². The summed E-state index contributed by atoms with van der Waals surface area (Å²) in [4.78, 5) is 5.68. The van der Waals surface area contributed by atoms with E-state index in [1.807, 2.05) is 6.07 Å². The molecule has 0 saturated heterocycles. The summed E-state index contributed by atoms with van der Waals surface area (Å²) in [5.41, 5.74) is 5.82. The van der Waals surface area contributed by atoms with Crippen LogP contribution in [0.25, 0.3) is 4.96 Å². The lowest BCUT2D eigenvalue weighted by atomic mass is 10.2. The van der Waals surface area contributed by atoms with Gasteiger partial charge in [0.2, 0.25) is 0 Å². The number of imidazole rings is 1. The maximum atomic E-state index is 5.17. The van der Waals surface area contributed by atoms with E-state index in [1.165, 1.54) is 17.0 Å². The zero-order valence-corrected chi connectivity index (χ0v) is 13.3. The second kappa shape index (κ2) is 5.87. The van der Waals surface area contributed by atoms with Crippen molar-refractivity contribution < 1.29 is 4.74 Å². The first kappa shape index (κ1) is 14.1. The van der Waals surface area contributed by atoms with Crippen LogP contribution in [0.4, 0.5) is 5.69 Å². The molecule has 0 radical (unpaired) electrons. The fraction of sp³-hybridized carbons (Fsp3) is 0.312. The normalized spacial score (nSPS) is 11.2. The van der Waals surface area contributed by atoms with Gasteiger partial charge in [-0.25, -0.2) is 4.98 Å². The topological polar surface area (TPSA) is 38.6 Å². The molecule has 0 bridgehead atoms. The standard InChI is InChI=1S/C16H19N3OS/c1-11-10-21-16-18-12(2)15(19(11)16)8-17-14-6-4-5-13(7-14)9-20-3/h4-7,10,17H,8-9H2,1-3H3. The lowest BCUT2D eigenvalue weighted by Gasteiger charge is -2.09. The Morgan fingerprint density at radius 1 is 1.33 bits per heavy atom. The van der Waals surface area contributed by atoms with Gasteiger partial charge in [-0.3, -0.25) is 4.40 Å². The highest BCUT2D eigenvalue weighted by atomic mass is 32.1. The minimum atomic E-state index is 0.634. The summed E-state index contributed by atoms with van der Waals surface area (Å²) in [7, 11) is 1.71. The van der Waals surface area contributed by atoms with E-state index >= 15 is 0 Å². The molecule has 0 spiro atoms. The lowest BCUT2D eigenvalue weighted by Crippen LogP contribution is -2.05. The number of rotatable bonds is 5. The van der Waals surface area contributed by atoms with E-state index in [9.17, 15) is 0 Å². The number of hydrogen-bond donors (Lipinski definition) is 1. The van der Waals surface area contributed by atoms with E-state index < -0.39 is 0 Å². The quantitative estimate of drug-likeness (QED) is 0.779. The number of aryl methyl sites for hydroxylation is 2.